The number of halogens is 1. The third kappa shape index (κ3) is 1.06. The van der Waals surface area contributed by atoms with Crippen molar-refractivity contribution >= 4 is 23.0 Å². The zero-order valence-electron chi connectivity index (χ0n) is 6.60. The molecule has 4 heteroatoms. The van der Waals surface area contributed by atoms with Gasteiger partial charge in [-0.25, -0.2) is 0 Å². The van der Waals surface area contributed by atoms with Gasteiger partial charge in [0.15, 0.2) is 5.62 Å². The van der Waals surface area contributed by atoms with Gasteiger partial charge in [-0.2, -0.15) is 0 Å². The van der Waals surface area contributed by atoms with Crippen molar-refractivity contribution < 1.29 is 4.74 Å². The van der Waals surface area contributed by atoms with E-state index in [9.17, 15) is 0 Å². The molecule has 1 unspecified atom stereocenters. The number of fused-ring (bicyclic) bond motifs is 1. The van der Waals surface area contributed by atoms with Crippen LogP contribution in [0.15, 0.2) is 18.2 Å². The topological polar surface area (TPSA) is 33.3 Å². The molecule has 0 aromatic heterocycles. The minimum absolute atomic E-state index is 0.240. The Morgan fingerprint density at radius 1 is 1.42 bits per heavy atom. The molecule has 3 nitrogen and oxygen atoms in total. The Labute approximate surface area is 75.7 Å². The lowest BCUT2D eigenvalue weighted by molar-refractivity contribution is 0.417. The molecule has 0 amide bonds. The number of para-hydroxylation sites is 1. The summed E-state index contributed by atoms with van der Waals surface area (Å²) in [6.07, 6.45) is 0. The van der Waals surface area contributed by atoms with E-state index in [0.29, 0.717) is 0 Å². The maximum atomic E-state index is 5.83. The highest BCUT2D eigenvalue weighted by molar-refractivity contribution is 6.24. The molecule has 0 saturated carbocycles. The average molecular weight is 185 g/mol. The minimum Gasteiger partial charge on any atom is -0.495 e. The van der Waals surface area contributed by atoms with Gasteiger partial charge < -0.3 is 15.4 Å². The van der Waals surface area contributed by atoms with Gasteiger partial charge in [0.05, 0.1) is 12.8 Å². The van der Waals surface area contributed by atoms with E-state index in [1.54, 1.807) is 7.11 Å². The van der Waals surface area contributed by atoms with Gasteiger partial charge >= 0.3 is 0 Å². The third-order valence-electron chi connectivity index (χ3n) is 1.80. The highest BCUT2D eigenvalue weighted by Crippen LogP contribution is 2.37. The lowest BCUT2D eigenvalue weighted by Crippen LogP contribution is -2.13. The minimum atomic E-state index is -0.240. The first-order valence-electron chi connectivity index (χ1n) is 3.65. The summed E-state index contributed by atoms with van der Waals surface area (Å²) in [4.78, 5) is 0. The molecular weight excluding hydrogens is 176 g/mol. The number of rotatable bonds is 1. The van der Waals surface area contributed by atoms with Crippen LogP contribution in [0.2, 0.25) is 0 Å². The van der Waals surface area contributed by atoms with E-state index in [0.717, 1.165) is 17.1 Å². The van der Waals surface area contributed by atoms with Gasteiger partial charge in [0.25, 0.3) is 0 Å². The van der Waals surface area contributed by atoms with Crippen LogP contribution in [0.1, 0.15) is 0 Å². The molecule has 1 aliphatic heterocycles. The first-order valence-corrected chi connectivity index (χ1v) is 4.09. The van der Waals surface area contributed by atoms with Crippen LogP contribution in [0.5, 0.6) is 5.75 Å². The number of hydrogen-bond acceptors (Lipinski definition) is 3. The van der Waals surface area contributed by atoms with Crippen molar-refractivity contribution in [2.75, 3.05) is 17.7 Å². The Balaban J connectivity index is 2.44. The second-order valence-corrected chi connectivity index (χ2v) is 2.97. The Hall–Kier alpha value is -1.09. The molecular formula is C8H9ClN2O. The smallest absolute Gasteiger partial charge is 0.175 e. The number of benzene rings is 1. The zero-order chi connectivity index (χ0) is 8.55. The third-order valence-corrected chi connectivity index (χ3v) is 2.02. The second-order valence-electron chi connectivity index (χ2n) is 2.53. The van der Waals surface area contributed by atoms with Gasteiger partial charge in [-0.05, 0) is 12.1 Å². The van der Waals surface area contributed by atoms with Crippen LogP contribution in [0, 0.1) is 0 Å². The van der Waals surface area contributed by atoms with Gasteiger partial charge in [-0.15, -0.1) is 0 Å². The second kappa shape index (κ2) is 2.75. The molecule has 1 atom stereocenters. The largest absolute Gasteiger partial charge is 0.495 e. The molecule has 1 aromatic rings. The summed E-state index contributed by atoms with van der Waals surface area (Å²) < 4.78 is 5.14. The number of alkyl halides is 1. The number of ether oxygens (including phenoxy) is 1. The van der Waals surface area contributed by atoms with Crippen molar-refractivity contribution in [1.82, 2.24) is 0 Å². The average Bonchev–Trinajstić information content (AvgIpc) is 2.44. The highest BCUT2D eigenvalue weighted by Gasteiger charge is 2.19. The molecule has 1 aliphatic rings. The van der Waals surface area contributed by atoms with Crippen molar-refractivity contribution in [3.05, 3.63) is 18.2 Å². The molecule has 12 heavy (non-hydrogen) atoms. The zero-order valence-corrected chi connectivity index (χ0v) is 7.35. The molecule has 0 saturated heterocycles. The van der Waals surface area contributed by atoms with E-state index in [1.807, 2.05) is 18.2 Å². The van der Waals surface area contributed by atoms with Crippen LogP contribution in [0.25, 0.3) is 0 Å². The first-order chi connectivity index (χ1) is 5.81. The summed E-state index contributed by atoms with van der Waals surface area (Å²) in [5.41, 5.74) is 1.67. The van der Waals surface area contributed by atoms with Crippen molar-refractivity contribution in [3.63, 3.8) is 0 Å². The number of methoxy groups -OCH3 is 1. The van der Waals surface area contributed by atoms with Crippen molar-refractivity contribution in [3.8, 4) is 5.75 Å². The van der Waals surface area contributed by atoms with E-state index in [-0.39, 0.29) is 5.62 Å². The van der Waals surface area contributed by atoms with E-state index in [2.05, 4.69) is 10.6 Å². The van der Waals surface area contributed by atoms with Gasteiger partial charge in [0.1, 0.15) is 11.4 Å². The van der Waals surface area contributed by atoms with Gasteiger partial charge in [-0.1, -0.05) is 17.7 Å². The summed E-state index contributed by atoms with van der Waals surface area (Å²) >= 11 is 5.83. The molecule has 0 aliphatic carbocycles. The van der Waals surface area contributed by atoms with E-state index < -0.39 is 0 Å². The molecule has 1 aromatic carbocycles. The molecule has 0 fully saturated rings. The van der Waals surface area contributed by atoms with Gasteiger partial charge in [0.2, 0.25) is 0 Å². The SMILES string of the molecule is COc1cccc2c1NC(Cl)N2. The quantitative estimate of drug-likeness (QED) is 0.518. The predicted molar refractivity (Wildman–Crippen MR) is 49.9 cm³/mol. The normalized spacial score (nSPS) is 19.3. The highest BCUT2D eigenvalue weighted by atomic mass is 35.5. The molecule has 0 spiro atoms. The molecule has 1 heterocycles. The summed E-state index contributed by atoms with van der Waals surface area (Å²) in [6.45, 7) is 0. The van der Waals surface area contributed by atoms with Gasteiger partial charge in [0, 0.05) is 0 Å². The van der Waals surface area contributed by atoms with Crippen LogP contribution in [0.4, 0.5) is 11.4 Å². The standard InChI is InChI=1S/C8H9ClN2O/c1-12-6-4-2-3-5-7(6)11-8(9)10-5/h2-4,8,10-11H,1H3. The maximum absolute atomic E-state index is 5.83. The molecule has 2 N–H and O–H groups in total. The summed E-state index contributed by atoms with van der Waals surface area (Å²) in [6, 6.07) is 5.76. The monoisotopic (exact) mass is 184 g/mol. The fourth-order valence-electron chi connectivity index (χ4n) is 1.27. The molecule has 0 radical (unpaired) electrons. The lowest BCUT2D eigenvalue weighted by Gasteiger charge is -2.05. The first kappa shape index (κ1) is 7.55. The molecule has 64 valence electrons. The van der Waals surface area contributed by atoms with Crippen molar-refractivity contribution in [2.45, 2.75) is 5.62 Å². The number of nitrogens with one attached hydrogen (secondary N) is 2. The van der Waals surface area contributed by atoms with Crippen LogP contribution in [0.3, 0.4) is 0 Å². The van der Waals surface area contributed by atoms with Crippen LogP contribution in [-0.4, -0.2) is 12.7 Å². The summed E-state index contributed by atoms with van der Waals surface area (Å²) in [5, 5.41) is 6.09. The van der Waals surface area contributed by atoms with Crippen LogP contribution in [-0.2, 0) is 0 Å². The lowest BCUT2D eigenvalue weighted by atomic mass is 10.2. The predicted octanol–water partition coefficient (Wildman–Crippen LogP) is 2.06. The maximum Gasteiger partial charge on any atom is 0.175 e. The van der Waals surface area contributed by atoms with Crippen LogP contribution >= 0.6 is 11.6 Å². The van der Waals surface area contributed by atoms with Crippen molar-refractivity contribution in [2.24, 2.45) is 0 Å². The fraction of sp³-hybridized carbons (Fsp3) is 0.250. The van der Waals surface area contributed by atoms with Crippen LogP contribution < -0.4 is 15.4 Å². The Bertz CT molecular complexity index is 303. The number of hydrogen-bond donors (Lipinski definition) is 2. The Kier molecular flexibility index (Phi) is 1.73. The summed E-state index contributed by atoms with van der Waals surface area (Å²) in [5.74, 6) is 0.808. The molecule has 2 rings (SSSR count). The summed E-state index contributed by atoms with van der Waals surface area (Å²) in [7, 11) is 1.64. The van der Waals surface area contributed by atoms with Crippen molar-refractivity contribution in [1.29, 1.82) is 0 Å². The Morgan fingerprint density at radius 2 is 2.25 bits per heavy atom. The molecule has 0 bridgehead atoms. The van der Waals surface area contributed by atoms with E-state index >= 15 is 0 Å². The van der Waals surface area contributed by atoms with E-state index in [1.165, 1.54) is 0 Å². The fourth-order valence-corrected chi connectivity index (χ4v) is 1.50. The number of anilines is 2. The Morgan fingerprint density at radius 3 is 3.00 bits per heavy atom. The van der Waals surface area contributed by atoms with Gasteiger partial charge in [-0.3, -0.25) is 0 Å². The van der Waals surface area contributed by atoms with E-state index in [4.69, 9.17) is 16.3 Å².